The van der Waals surface area contributed by atoms with Crippen molar-refractivity contribution in [2.45, 2.75) is 12.8 Å². The van der Waals surface area contributed by atoms with Crippen LogP contribution in [-0.4, -0.2) is 45.4 Å². The molecule has 0 aromatic heterocycles. The van der Waals surface area contributed by atoms with Gasteiger partial charge >= 0.3 is 0 Å². The minimum absolute atomic E-state index is 0.746. The van der Waals surface area contributed by atoms with E-state index >= 15 is 0 Å². The summed E-state index contributed by atoms with van der Waals surface area (Å²) in [6.07, 6.45) is 1.98. The average molecular weight is 250 g/mol. The van der Waals surface area contributed by atoms with Crippen LogP contribution in [0, 0.1) is 0 Å². The van der Waals surface area contributed by atoms with Gasteiger partial charge in [-0.1, -0.05) is 6.07 Å². The summed E-state index contributed by atoms with van der Waals surface area (Å²) in [7, 11) is 4.07. The molecule has 0 aliphatic carbocycles. The van der Waals surface area contributed by atoms with Gasteiger partial charge in [-0.2, -0.15) is 0 Å². The second kappa shape index (κ2) is 6.61. The Hall–Kier alpha value is -1.26. The van der Waals surface area contributed by atoms with Gasteiger partial charge in [0.05, 0.1) is 13.2 Å². The van der Waals surface area contributed by atoms with Crippen molar-refractivity contribution in [1.82, 2.24) is 10.2 Å². The first-order chi connectivity index (χ1) is 8.79. The van der Waals surface area contributed by atoms with Crippen molar-refractivity contribution in [2.24, 2.45) is 0 Å². The zero-order valence-electron chi connectivity index (χ0n) is 11.2. The summed E-state index contributed by atoms with van der Waals surface area (Å²) in [5.41, 5.74) is 1.29. The number of hydrogen-bond donors (Lipinski definition) is 1. The predicted molar refractivity (Wildman–Crippen MR) is 72.3 cm³/mol. The highest BCUT2D eigenvalue weighted by Crippen LogP contribution is 2.30. The number of hydrogen-bond acceptors (Lipinski definition) is 4. The zero-order chi connectivity index (χ0) is 12.8. The minimum atomic E-state index is 0.746. The third-order valence-electron chi connectivity index (χ3n) is 3.02. The van der Waals surface area contributed by atoms with E-state index in [1.54, 1.807) is 0 Å². The summed E-state index contributed by atoms with van der Waals surface area (Å²) in [6.45, 7) is 3.43. The molecule has 0 radical (unpaired) electrons. The molecule has 1 heterocycles. The van der Waals surface area contributed by atoms with E-state index in [1.807, 2.05) is 13.1 Å². The fourth-order valence-corrected chi connectivity index (χ4v) is 2.03. The van der Waals surface area contributed by atoms with Gasteiger partial charge in [0.25, 0.3) is 0 Å². The number of nitrogens with one attached hydrogen (secondary N) is 1. The summed E-state index contributed by atoms with van der Waals surface area (Å²) < 4.78 is 11.3. The van der Waals surface area contributed by atoms with E-state index in [-0.39, 0.29) is 0 Å². The first-order valence-corrected chi connectivity index (χ1v) is 6.51. The highest BCUT2D eigenvalue weighted by molar-refractivity contribution is 5.43. The van der Waals surface area contributed by atoms with Gasteiger partial charge in [-0.25, -0.2) is 0 Å². The Balaban J connectivity index is 1.95. The molecule has 0 saturated carbocycles. The zero-order valence-corrected chi connectivity index (χ0v) is 11.2. The smallest absolute Gasteiger partial charge is 0.161 e. The van der Waals surface area contributed by atoms with E-state index in [1.165, 1.54) is 5.56 Å². The molecule has 0 bridgehead atoms. The van der Waals surface area contributed by atoms with Crippen LogP contribution in [0.2, 0.25) is 0 Å². The van der Waals surface area contributed by atoms with Crippen LogP contribution in [0.4, 0.5) is 0 Å². The van der Waals surface area contributed by atoms with Crippen LogP contribution in [0.15, 0.2) is 18.2 Å². The van der Waals surface area contributed by atoms with E-state index in [9.17, 15) is 0 Å². The van der Waals surface area contributed by atoms with E-state index < -0.39 is 0 Å². The Bertz CT molecular complexity index is 382. The van der Waals surface area contributed by atoms with Crippen LogP contribution < -0.4 is 14.8 Å². The van der Waals surface area contributed by atoms with Crippen molar-refractivity contribution >= 4 is 0 Å². The standard InChI is InChI=1S/C14H22N2O2/c1-15-11-16(2)7-6-12-4-5-13-14(10-12)18-9-3-8-17-13/h4-5,10,15H,3,6-9,11H2,1-2H3. The molecule has 4 heteroatoms. The Morgan fingerprint density at radius 2 is 2.00 bits per heavy atom. The Labute approximate surface area is 109 Å². The maximum absolute atomic E-state index is 5.69. The summed E-state index contributed by atoms with van der Waals surface area (Å²) in [6, 6.07) is 6.25. The summed E-state index contributed by atoms with van der Waals surface area (Å²) in [4.78, 5) is 2.25. The number of rotatable bonds is 5. The van der Waals surface area contributed by atoms with Crippen LogP contribution in [0.25, 0.3) is 0 Å². The van der Waals surface area contributed by atoms with Crippen LogP contribution >= 0.6 is 0 Å². The molecule has 18 heavy (non-hydrogen) atoms. The van der Waals surface area contributed by atoms with Crippen molar-refractivity contribution < 1.29 is 9.47 Å². The monoisotopic (exact) mass is 250 g/mol. The number of benzene rings is 1. The van der Waals surface area contributed by atoms with Crippen molar-refractivity contribution in [3.63, 3.8) is 0 Å². The molecule has 100 valence electrons. The lowest BCUT2D eigenvalue weighted by atomic mass is 10.1. The van der Waals surface area contributed by atoms with E-state index in [4.69, 9.17) is 9.47 Å². The molecule has 1 aromatic rings. The third-order valence-corrected chi connectivity index (χ3v) is 3.02. The molecule has 0 fully saturated rings. The van der Waals surface area contributed by atoms with Crippen LogP contribution in [0.3, 0.4) is 0 Å². The second-order valence-corrected chi connectivity index (χ2v) is 4.67. The largest absolute Gasteiger partial charge is 0.490 e. The molecule has 1 aromatic carbocycles. The summed E-state index contributed by atoms with van der Waals surface area (Å²) >= 11 is 0. The van der Waals surface area contributed by atoms with E-state index in [0.717, 1.165) is 50.8 Å². The van der Waals surface area contributed by atoms with E-state index in [2.05, 4.69) is 29.4 Å². The molecule has 0 saturated heterocycles. The Morgan fingerprint density at radius 1 is 1.22 bits per heavy atom. The molecule has 2 rings (SSSR count). The fraction of sp³-hybridized carbons (Fsp3) is 0.571. The van der Waals surface area contributed by atoms with Crippen molar-refractivity contribution in [3.8, 4) is 11.5 Å². The third kappa shape index (κ3) is 3.62. The summed E-state index contributed by atoms with van der Waals surface area (Å²) in [5.74, 6) is 1.76. The van der Waals surface area contributed by atoms with Gasteiger partial charge in [-0.05, 0) is 38.2 Å². The molecule has 4 nitrogen and oxygen atoms in total. The number of likely N-dealkylation sites (N-methyl/N-ethyl adjacent to an activating group) is 1. The lowest BCUT2D eigenvalue weighted by molar-refractivity contribution is 0.296. The SMILES string of the molecule is CNCN(C)CCc1ccc2c(c1)OCCCO2. The molecular formula is C14H22N2O2. The highest BCUT2D eigenvalue weighted by Gasteiger charge is 2.10. The normalized spacial score (nSPS) is 14.6. The van der Waals surface area contributed by atoms with Crippen LogP contribution in [0.1, 0.15) is 12.0 Å². The van der Waals surface area contributed by atoms with Gasteiger partial charge in [0.1, 0.15) is 0 Å². The average Bonchev–Trinajstić information content (AvgIpc) is 2.61. The van der Waals surface area contributed by atoms with Gasteiger partial charge in [0.15, 0.2) is 11.5 Å². The topological polar surface area (TPSA) is 33.7 Å². The molecule has 0 atom stereocenters. The molecule has 0 unspecified atom stereocenters. The second-order valence-electron chi connectivity index (χ2n) is 4.67. The first-order valence-electron chi connectivity index (χ1n) is 6.51. The van der Waals surface area contributed by atoms with Crippen LogP contribution in [0.5, 0.6) is 11.5 Å². The van der Waals surface area contributed by atoms with Gasteiger partial charge in [-0.3, -0.25) is 4.90 Å². The molecule has 1 aliphatic rings. The van der Waals surface area contributed by atoms with Gasteiger partial charge in [0.2, 0.25) is 0 Å². The van der Waals surface area contributed by atoms with E-state index in [0.29, 0.717) is 0 Å². The molecule has 0 amide bonds. The molecular weight excluding hydrogens is 228 g/mol. The lowest BCUT2D eigenvalue weighted by Gasteiger charge is -2.16. The fourth-order valence-electron chi connectivity index (χ4n) is 2.03. The number of ether oxygens (including phenoxy) is 2. The Morgan fingerprint density at radius 3 is 2.78 bits per heavy atom. The summed E-state index contributed by atoms with van der Waals surface area (Å²) in [5, 5.41) is 3.14. The number of nitrogens with zero attached hydrogens (tertiary/aromatic N) is 1. The quantitative estimate of drug-likeness (QED) is 0.803. The van der Waals surface area contributed by atoms with Crippen molar-refractivity contribution in [1.29, 1.82) is 0 Å². The first kappa shape index (κ1) is 13.2. The van der Waals surface area contributed by atoms with Gasteiger partial charge in [-0.15, -0.1) is 0 Å². The number of fused-ring (bicyclic) bond motifs is 1. The van der Waals surface area contributed by atoms with Gasteiger partial charge < -0.3 is 14.8 Å². The highest BCUT2D eigenvalue weighted by atomic mass is 16.5. The maximum atomic E-state index is 5.69. The van der Waals surface area contributed by atoms with Crippen molar-refractivity contribution in [2.75, 3.05) is 40.5 Å². The van der Waals surface area contributed by atoms with Crippen LogP contribution in [-0.2, 0) is 6.42 Å². The van der Waals surface area contributed by atoms with Crippen molar-refractivity contribution in [3.05, 3.63) is 23.8 Å². The minimum Gasteiger partial charge on any atom is -0.490 e. The molecule has 0 spiro atoms. The van der Waals surface area contributed by atoms with Gasteiger partial charge in [0, 0.05) is 19.6 Å². The lowest BCUT2D eigenvalue weighted by Crippen LogP contribution is -2.30. The Kier molecular flexibility index (Phi) is 4.84. The molecule has 1 N–H and O–H groups in total. The molecule has 1 aliphatic heterocycles. The predicted octanol–water partition coefficient (Wildman–Crippen LogP) is 1.50. The maximum Gasteiger partial charge on any atom is 0.161 e.